The van der Waals surface area contributed by atoms with Crippen molar-refractivity contribution in [2.75, 3.05) is 20.3 Å². The van der Waals surface area contributed by atoms with Gasteiger partial charge in [-0.2, -0.15) is 0 Å². The zero-order chi connectivity index (χ0) is 17.7. The molecule has 0 unspecified atom stereocenters. The minimum absolute atomic E-state index is 0.185. The van der Waals surface area contributed by atoms with Gasteiger partial charge in [0.15, 0.2) is 0 Å². The highest BCUT2D eigenvalue weighted by Gasteiger charge is 2.58. The van der Waals surface area contributed by atoms with E-state index in [0.29, 0.717) is 25.9 Å². The molecule has 1 aliphatic carbocycles. The molecule has 1 saturated carbocycles. The summed E-state index contributed by atoms with van der Waals surface area (Å²) in [5, 5.41) is 0. The second-order valence-electron chi connectivity index (χ2n) is 6.56. The fourth-order valence-corrected chi connectivity index (χ4v) is 2.30. The van der Waals surface area contributed by atoms with Crippen LogP contribution in [-0.4, -0.2) is 54.3 Å². The summed E-state index contributed by atoms with van der Waals surface area (Å²) in [4.78, 5) is 37.3. The molecule has 0 spiro atoms. The van der Waals surface area contributed by atoms with Crippen LogP contribution in [-0.2, 0) is 23.8 Å². The van der Waals surface area contributed by atoms with Crippen molar-refractivity contribution in [3.05, 3.63) is 0 Å². The van der Waals surface area contributed by atoms with E-state index in [9.17, 15) is 14.4 Å². The number of rotatable bonds is 7. The zero-order valence-corrected chi connectivity index (χ0v) is 14.6. The summed E-state index contributed by atoms with van der Waals surface area (Å²) in [5.74, 6) is -0.765. The zero-order valence-electron chi connectivity index (χ0n) is 14.6. The van der Waals surface area contributed by atoms with Crippen LogP contribution in [0.15, 0.2) is 0 Å². The highest BCUT2D eigenvalue weighted by molar-refractivity contribution is 5.88. The van der Waals surface area contributed by atoms with E-state index < -0.39 is 23.2 Å². The number of carbonyl (C=O) groups excluding carboxylic acids is 3. The van der Waals surface area contributed by atoms with Crippen LogP contribution in [0.2, 0.25) is 0 Å². The first kappa shape index (κ1) is 19.3. The largest absolute Gasteiger partial charge is 0.467 e. The lowest BCUT2D eigenvalue weighted by molar-refractivity contribution is -0.148. The van der Waals surface area contributed by atoms with Gasteiger partial charge in [0, 0.05) is 13.0 Å². The van der Waals surface area contributed by atoms with E-state index in [0.717, 1.165) is 0 Å². The van der Waals surface area contributed by atoms with Gasteiger partial charge in [0.25, 0.3) is 0 Å². The summed E-state index contributed by atoms with van der Waals surface area (Å²) in [6.07, 6.45) is 1.10. The number of ether oxygens (including phenoxy) is 3. The van der Waals surface area contributed by atoms with Crippen molar-refractivity contribution >= 4 is 18.0 Å². The molecule has 0 N–H and O–H groups in total. The summed E-state index contributed by atoms with van der Waals surface area (Å²) < 4.78 is 15.1. The smallest absolute Gasteiger partial charge is 0.411 e. The molecule has 0 radical (unpaired) electrons. The molecule has 7 nitrogen and oxygen atoms in total. The van der Waals surface area contributed by atoms with Crippen LogP contribution in [0.4, 0.5) is 4.79 Å². The first-order chi connectivity index (χ1) is 10.7. The Kier molecular flexibility index (Phi) is 6.41. The maximum absolute atomic E-state index is 12.4. The molecule has 0 aromatic rings. The van der Waals surface area contributed by atoms with E-state index in [4.69, 9.17) is 14.2 Å². The normalized spacial score (nSPS) is 15.5. The number of esters is 2. The Bertz CT molecular complexity index is 450. The summed E-state index contributed by atoms with van der Waals surface area (Å²) in [6, 6.07) is 0. The Balaban J connectivity index is 2.76. The van der Waals surface area contributed by atoms with Gasteiger partial charge >= 0.3 is 18.0 Å². The Morgan fingerprint density at radius 2 is 1.78 bits per heavy atom. The van der Waals surface area contributed by atoms with Gasteiger partial charge in [-0.1, -0.05) is 0 Å². The summed E-state index contributed by atoms with van der Waals surface area (Å²) in [7, 11) is 1.30. The molecule has 1 amide bonds. The molecule has 7 heteroatoms. The van der Waals surface area contributed by atoms with Crippen molar-refractivity contribution in [2.45, 2.75) is 64.5 Å². The van der Waals surface area contributed by atoms with Gasteiger partial charge in [0.1, 0.15) is 11.1 Å². The fraction of sp³-hybridized carbons (Fsp3) is 0.812. The molecule has 0 aliphatic heterocycles. The number of nitrogens with zero attached hydrogens (tertiary/aromatic N) is 1. The molecule has 0 aromatic heterocycles. The van der Waals surface area contributed by atoms with Crippen LogP contribution in [0.5, 0.6) is 0 Å². The lowest BCUT2D eigenvalue weighted by atomic mass is 10.2. The molecular formula is C16H27NO6. The van der Waals surface area contributed by atoms with E-state index in [1.807, 2.05) is 0 Å². The van der Waals surface area contributed by atoms with E-state index in [1.54, 1.807) is 27.7 Å². The van der Waals surface area contributed by atoms with Gasteiger partial charge < -0.3 is 14.2 Å². The van der Waals surface area contributed by atoms with Crippen molar-refractivity contribution in [3.8, 4) is 0 Å². The molecule has 1 rings (SSSR count). The monoisotopic (exact) mass is 329 g/mol. The van der Waals surface area contributed by atoms with Crippen LogP contribution >= 0.6 is 0 Å². The Morgan fingerprint density at radius 1 is 1.17 bits per heavy atom. The SMILES string of the molecule is CCOC(=O)CCCN(C(=O)OC(C)(C)C)C1(C(=O)OC)CC1. The van der Waals surface area contributed by atoms with Crippen molar-refractivity contribution in [3.63, 3.8) is 0 Å². The van der Waals surface area contributed by atoms with Crippen molar-refractivity contribution in [1.29, 1.82) is 0 Å². The van der Waals surface area contributed by atoms with Crippen LogP contribution in [0, 0.1) is 0 Å². The Hall–Kier alpha value is -1.79. The van der Waals surface area contributed by atoms with Gasteiger partial charge in [0.05, 0.1) is 13.7 Å². The maximum Gasteiger partial charge on any atom is 0.411 e. The van der Waals surface area contributed by atoms with E-state index in [2.05, 4.69) is 0 Å². The van der Waals surface area contributed by atoms with Crippen molar-refractivity contribution in [1.82, 2.24) is 4.90 Å². The minimum Gasteiger partial charge on any atom is -0.467 e. The van der Waals surface area contributed by atoms with Gasteiger partial charge in [-0.3, -0.25) is 9.69 Å². The highest BCUT2D eigenvalue weighted by Crippen LogP contribution is 2.43. The highest BCUT2D eigenvalue weighted by atomic mass is 16.6. The summed E-state index contributed by atoms with van der Waals surface area (Å²) in [5.41, 5.74) is -1.62. The number of hydrogen-bond acceptors (Lipinski definition) is 6. The van der Waals surface area contributed by atoms with Crippen molar-refractivity contribution in [2.24, 2.45) is 0 Å². The van der Waals surface area contributed by atoms with E-state index in [1.165, 1.54) is 12.0 Å². The van der Waals surface area contributed by atoms with Crippen LogP contribution in [0.3, 0.4) is 0 Å². The van der Waals surface area contributed by atoms with Crippen LogP contribution in [0.1, 0.15) is 53.4 Å². The number of carbonyl (C=O) groups is 3. The Labute approximate surface area is 137 Å². The third-order valence-corrected chi connectivity index (χ3v) is 3.49. The molecule has 0 saturated heterocycles. The van der Waals surface area contributed by atoms with Gasteiger partial charge in [-0.25, -0.2) is 9.59 Å². The lowest BCUT2D eigenvalue weighted by Crippen LogP contribution is -2.50. The number of methoxy groups -OCH3 is 1. The second kappa shape index (κ2) is 7.66. The molecule has 0 atom stereocenters. The Morgan fingerprint density at radius 3 is 2.22 bits per heavy atom. The first-order valence-electron chi connectivity index (χ1n) is 7.91. The standard InChI is InChI=1S/C16H27NO6/c1-6-22-12(18)8-7-11-17(14(20)23-15(2,3)4)16(9-10-16)13(19)21-5/h6-11H2,1-5H3. The predicted octanol–water partition coefficient (Wildman–Crippen LogP) is 2.27. The van der Waals surface area contributed by atoms with Gasteiger partial charge in [-0.05, 0) is 47.0 Å². The fourth-order valence-electron chi connectivity index (χ4n) is 2.30. The molecule has 1 fully saturated rings. The van der Waals surface area contributed by atoms with Crippen LogP contribution < -0.4 is 0 Å². The van der Waals surface area contributed by atoms with Crippen LogP contribution in [0.25, 0.3) is 0 Å². The third-order valence-electron chi connectivity index (χ3n) is 3.49. The van der Waals surface area contributed by atoms with Gasteiger partial charge in [-0.15, -0.1) is 0 Å². The maximum atomic E-state index is 12.4. The second-order valence-corrected chi connectivity index (χ2v) is 6.56. The van der Waals surface area contributed by atoms with Crippen molar-refractivity contribution < 1.29 is 28.6 Å². The van der Waals surface area contributed by atoms with E-state index in [-0.39, 0.29) is 18.9 Å². The average Bonchev–Trinajstić information content (AvgIpc) is 3.22. The van der Waals surface area contributed by atoms with Gasteiger partial charge in [0.2, 0.25) is 0 Å². The molecule has 23 heavy (non-hydrogen) atoms. The van der Waals surface area contributed by atoms with E-state index >= 15 is 0 Å². The third kappa shape index (κ3) is 5.41. The molecule has 1 aliphatic rings. The first-order valence-corrected chi connectivity index (χ1v) is 7.91. The lowest BCUT2D eigenvalue weighted by Gasteiger charge is -2.32. The molecule has 0 bridgehead atoms. The molecule has 0 aromatic carbocycles. The number of hydrogen-bond donors (Lipinski definition) is 0. The molecule has 0 heterocycles. The topological polar surface area (TPSA) is 82.1 Å². The predicted molar refractivity (Wildman–Crippen MR) is 82.8 cm³/mol. The molecular weight excluding hydrogens is 302 g/mol. The summed E-state index contributed by atoms with van der Waals surface area (Å²) >= 11 is 0. The minimum atomic E-state index is -0.953. The molecule has 132 valence electrons. The summed E-state index contributed by atoms with van der Waals surface area (Å²) in [6.45, 7) is 7.59. The quantitative estimate of drug-likeness (QED) is 0.526. The average molecular weight is 329 g/mol. The number of amides is 1.